The minimum Gasteiger partial charge on any atom is -0.515 e. The Hall–Kier alpha value is -4.46. The Morgan fingerprint density at radius 3 is 2.43 bits per heavy atom. The summed E-state index contributed by atoms with van der Waals surface area (Å²) < 4.78 is 5.18. The van der Waals surface area contributed by atoms with Gasteiger partial charge in [0.05, 0.1) is 30.1 Å². The van der Waals surface area contributed by atoms with Gasteiger partial charge in [0.1, 0.15) is 5.92 Å². The number of esters is 1. The van der Waals surface area contributed by atoms with Crippen molar-refractivity contribution in [3.05, 3.63) is 78.4 Å². The highest BCUT2D eigenvalue weighted by molar-refractivity contribution is 6.19. The highest BCUT2D eigenvalue weighted by Gasteiger charge is 2.48. The lowest BCUT2D eigenvalue weighted by Crippen LogP contribution is -2.37. The Balaban J connectivity index is 1.77. The highest BCUT2D eigenvalue weighted by atomic mass is 16.5. The lowest BCUT2D eigenvalue weighted by atomic mass is 9.81. The monoisotopic (exact) mass is 566 g/mol. The minimum absolute atomic E-state index is 0.151. The molecular formula is C34H38N4O4. The van der Waals surface area contributed by atoms with E-state index in [0.29, 0.717) is 22.6 Å². The lowest BCUT2D eigenvalue weighted by Gasteiger charge is -2.24. The number of methoxy groups -OCH3 is 1. The first-order chi connectivity index (χ1) is 20.2. The second-order valence-electron chi connectivity index (χ2n) is 11.6. The molecule has 3 aromatic heterocycles. The molecule has 1 saturated heterocycles. The standard InChI is InChI=1S/C34H38N4O4/c1-8-18-15(4)22-11-23-16(5)19(9-2)31(37-23)29-30(34(41)42-7)33(40)28-17(6)24(38-32(28)29)12-26-20(10-3)21(14-39)27(36-26)13-25(18)35-22/h8,11-14,16,19,30-31,35-39H,1,9-10H2,2-7H3/b21-14+,23-11+,24-12-,27-13-/t16-,19-,30+,31?/m0/s1. The molecule has 8 bridgehead atoms. The maximum absolute atomic E-state index is 14.0. The van der Waals surface area contributed by atoms with Crippen molar-refractivity contribution in [2.45, 2.75) is 53.5 Å². The van der Waals surface area contributed by atoms with Crippen molar-refractivity contribution in [2.75, 3.05) is 7.11 Å². The molecule has 2 aliphatic heterocycles. The second-order valence-corrected chi connectivity index (χ2v) is 11.6. The third-order valence-corrected chi connectivity index (χ3v) is 9.66. The van der Waals surface area contributed by atoms with E-state index in [1.807, 2.05) is 32.1 Å². The van der Waals surface area contributed by atoms with Gasteiger partial charge in [-0.25, -0.2) is 0 Å². The molecule has 5 N–H and O–H groups in total. The maximum Gasteiger partial charge on any atom is 0.320 e. The average molecular weight is 567 g/mol. The molecule has 3 aromatic rings. The minimum atomic E-state index is -0.999. The van der Waals surface area contributed by atoms with Gasteiger partial charge in [-0.15, -0.1) is 0 Å². The number of nitrogens with one attached hydrogen (secondary N) is 4. The maximum atomic E-state index is 14.0. The quantitative estimate of drug-likeness (QED) is 0.246. The molecule has 1 fully saturated rings. The summed E-state index contributed by atoms with van der Waals surface area (Å²) in [5.74, 6) is -1.46. The van der Waals surface area contributed by atoms with Crippen LogP contribution in [0.3, 0.4) is 0 Å². The zero-order valence-electron chi connectivity index (χ0n) is 25.0. The molecule has 6 rings (SSSR count). The molecule has 5 heterocycles. The van der Waals surface area contributed by atoms with Crippen molar-refractivity contribution in [1.29, 1.82) is 0 Å². The van der Waals surface area contributed by atoms with Crippen LogP contribution in [0, 0.1) is 31.6 Å². The van der Waals surface area contributed by atoms with Crippen LogP contribution in [-0.4, -0.2) is 45.0 Å². The summed E-state index contributed by atoms with van der Waals surface area (Å²) >= 11 is 0. The number of aliphatic hydroxyl groups excluding tert-OH is 1. The number of rotatable bonds is 4. The van der Waals surface area contributed by atoms with Gasteiger partial charge in [-0.1, -0.05) is 39.8 Å². The van der Waals surface area contributed by atoms with Crippen molar-refractivity contribution >= 4 is 47.9 Å². The topological polar surface area (TPSA) is 123 Å². The number of fused-ring (bicyclic) bond motifs is 8. The average Bonchev–Trinajstić information content (AvgIpc) is 3.72. The Bertz CT molecular complexity index is 1950. The zero-order valence-corrected chi connectivity index (χ0v) is 25.0. The molecule has 0 saturated carbocycles. The Labute approximate surface area is 244 Å². The fourth-order valence-corrected chi connectivity index (χ4v) is 7.39. The zero-order chi connectivity index (χ0) is 30.0. The van der Waals surface area contributed by atoms with Crippen LogP contribution >= 0.6 is 0 Å². The van der Waals surface area contributed by atoms with Gasteiger partial charge in [0, 0.05) is 50.4 Å². The summed E-state index contributed by atoms with van der Waals surface area (Å²) in [5, 5.41) is 17.0. The van der Waals surface area contributed by atoms with Crippen LogP contribution in [0.1, 0.15) is 76.9 Å². The molecule has 0 radical (unpaired) electrons. The normalized spacial score (nSPS) is 25.8. The number of aromatic amines is 3. The van der Waals surface area contributed by atoms with Gasteiger partial charge in [-0.3, -0.25) is 9.59 Å². The number of Topliss-reactive ketones (excluding diaryl/α,β-unsaturated/α-hetero) is 1. The fraction of sp³-hybridized carbons (Fsp3) is 0.353. The highest BCUT2D eigenvalue weighted by Crippen LogP contribution is 2.41. The van der Waals surface area contributed by atoms with E-state index in [4.69, 9.17) is 4.74 Å². The number of H-pyrrole nitrogens is 3. The summed E-state index contributed by atoms with van der Waals surface area (Å²) in [7, 11) is 1.34. The smallest absolute Gasteiger partial charge is 0.320 e. The van der Waals surface area contributed by atoms with Gasteiger partial charge in [0.15, 0.2) is 5.78 Å². The molecule has 3 aliphatic rings. The van der Waals surface area contributed by atoms with Crippen molar-refractivity contribution in [3.8, 4) is 0 Å². The van der Waals surface area contributed by atoms with Crippen molar-refractivity contribution in [3.63, 3.8) is 0 Å². The van der Waals surface area contributed by atoms with E-state index in [9.17, 15) is 14.7 Å². The second kappa shape index (κ2) is 10.1. The summed E-state index contributed by atoms with van der Waals surface area (Å²) in [6.07, 6.45) is 10.7. The number of carbonyl (C=O) groups excluding carboxylic acids is 2. The van der Waals surface area contributed by atoms with Crippen molar-refractivity contribution in [2.24, 2.45) is 17.8 Å². The van der Waals surface area contributed by atoms with Crippen LogP contribution in [0.25, 0.3) is 36.1 Å². The van der Waals surface area contributed by atoms with Crippen LogP contribution in [0.15, 0.2) is 12.3 Å². The van der Waals surface area contributed by atoms with Crippen molar-refractivity contribution in [1.82, 2.24) is 20.3 Å². The van der Waals surface area contributed by atoms with Crippen LogP contribution in [0.4, 0.5) is 0 Å². The Kier molecular flexibility index (Phi) is 6.67. The van der Waals surface area contributed by atoms with Crippen LogP contribution in [0.2, 0.25) is 0 Å². The predicted molar refractivity (Wildman–Crippen MR) is 165 cm³/mol. The van der Waals surface area contributed by atoms with Gasteiger partial charge in [0.25, 0.3) is 0 Å². The number of ketones is 1. The predicted octanol–water partition coefficient (Wildman–Crippen LogP) is 2.57. The van der Waals surface area contributed by atoms with Crippen molar-refractivity contribution < 1.29 is 19.4 Å². The molecule has 0 amide bonds. The number of aliphatic hydroxyl groups is 1. The molecule has 218 valence electrons. The third-order valence-electron chi connectivity index (χ3n) is 9.66. The summed E-state index contributed by atoms with van der Waals surface area (Å²) in [5.41, 5.74) is 8.79. The molecular weight excluding hydrogens is 528 g/mol. The number of hydrogen-bond acceptors (Lipinski definition) is 5. The summed E-state index contributed by atoms with van der Waals surface area (Å²) in [4.78, 5) is 37.7. The molecule has 42 heavy (non-hydrogen) atoms. The first-order valence-electron chi connectivity index (χ1n) is 14.6. The van der Waals surface area contributed by atoms with Crippen LogP contribution in [-0.2, 0) is 16.0 Å². The first kappa shape index (κ1) is 27.7. The van der Waals surface area contributed by atoms with E-state index < -0.39 is 11.9 Å². The molecule has 1 aliphatic carbocycles. The lowest BCUT2D eigenvalue weighted by molar-refractivity contribution is -0.141. The van der Waals surface area contributed by atoms with Gasteiger partial charge in [-0.2, -0.15) is 0 Å². The van der Waals surface area contributed by atoms with Gasteiger partial charge >= 0.3 is 5.97 Å². The van der Waals surface area contributed by atoms with E-state index >= 15 is 0 Å². The first-order valence-corrected chi connectivity index (χ1v) is 14.6. The largest absolute Gasteiger partial charge is 0.515 e. The molecule has 8 heteroatoms. The summed E-state index contributed by atoms with van der Waals surface area (Å²) in [6, 6.07) is -0.233. The number of ether oxygens (including phenoxy) is 1. The van der Waals surface area contributed by atoms with E-state index in [2.05, 4.69) is 53.7 Å². The van der Waals surface area contributed by atoms with Crippen LogP contribution in [0.5, 0.6) is 0 Å². The molecule has 4 atom stereocenters. The Morgan fingerprint density at radius 2 is 1.79 bits per heavy atom. The SMILES string of the molecule is C=Cc1c2[nH]c(c1C)/C=C1/NC(C3=c4[nH]/c(c(C)c4C(=O)[C@@H]3C(=O)OC)=C\c3[nH]c(/c(=C/O)c3CC)=C\2)[C@@H](CC)[C@@H]1C. The van der Waals surface area contributed by atoms with E-state index in [0.717, 1.165) is 74.0 Å². The van der Waals surface area contributed by atoms with Gasteiger partial charge in [0.2, 0.25) is 0 Å². The fourth-order valence-electron chi connectivity index (χ4n) is 7.39. The van der Waals surface area contributed by atoms with Crippen LogP contribution < -0.4 is 26.6 Å². The van der Waals surface area contributed by atoms with E-state index in [1.54, 1.807) is 0 Å². The number of aromatic nitrogens is 3. The van der Waals surface area contributed by atoms with Gasteiger partial charge in [-0.05, 0) is 66.7 Å². The molecule has 1 unspecified atom stereocenters. The molecule has 0 spiro atoms. The molecule has 0 aromatic carbocycles. The number of allylic oxidation sites excluding steroid dienone is 1. The van der Waals surface area contributed by atoms with E-state index in [-0.39, 0.29) is 23.7 Å². The number of carbonyl (C=O) groups is 2. The van der Waals surface area contributed by atoms with E-state index in [1.165, 1.54) is 7.11 Å². The third kappa shape index (κ3) is 3.81. The Morgan fingerprint density at radius 1 is 1.05 bits per heavy atom. The molecule has 8 nitrogen and oxygen atoms in total. The summed E-state index contributed by atoms with van der Waals surface area (Å²) in [6.45, 7) is 14.5. The van der Waals surface area contributed by atoms with Gasteiger partial charge < -0.3 is 30.1 Å². The number of hydrogen-bond donors (Lipinski definition) is 5.